The summed E-state index contributed by atoms with van der Waals surface area (Å²) in [6.45, 7) is 3.36. The van der Waals surface area contributed by atoms with Crippen LogP contribution >= 0.6 is 0 Å². The molecule has 1 rings (SSSR count). The van der Waals surface area contributed by atoms with E-state index in [-0.39, 0.29) is 5.78 Å². The quantitative estimate of drug-likeness (QED) is 0.692. The predicted octanol–water partition coefficient (Wildman–Crippen LogP) is 2.21. The minimum atomic E-state index is -0.0155. The van der Waals surface area contributed by atoms with Gasteiger partial charge in [0.05, 0.1) is 19.8 Å². The lowest BCUT2D eigenvalue weighted by atomic mass is 10.0. The number of methoxy groups -OCH3 is 2. The van der Waals surface area contributed by atoms with Crippen molar-refractivity contribution in [3.8, 4) is 11.5 Å². The number of carbonyl (C=O) groups excluding carboxylic acids is 1. The van der Waals surface area contributed by atoms with Crippen molar-refractivity contribution >= 4 is 5.78 Å². The average molecular weight is 194 g/mol. The number of ketones is 1. The molecule has 0 aliphatic carbocycles. The van der Waals surface area contributed by atoms with E-state index in [1.54, 1.807) is 26.4 Å². The molecule has 0 radical (unpaired) electrons. The Morgan fingerprint density at radius 2 is 1.64 bits per heavy atom. The number of rotatable bonds is 3. The van der Waals surface area contributed by atoms with Crippen LogP contribution in [0.5, 0.6) is 11.5 Å². The summed E-state index contributed by atoms with van der Waals surface area (Å²) >= 11 is 0. The summed E-state index contributed by atoms with van der Waals surface area (Å²) in [7, 11) is 3.13. The van der Waals surface area contributed by atoms with Gasteiger partial charge in [-0.25, -0.2) is 0 Å². The van der Waals surface area contributed by atoms with Crippen molar-refractivity contribution in [3.05, 3.63) is 23.3 Å². The molecular weight excluding hydrogens is 180 g/mol. The Balaban J connectivity index is 3.39. The fourth-order valence-corrected chi connectivity index (χ4v) is 1.50. The third-order valence-corrected chi connectivity index (χ3v) is 2.17. The maximum absolute atomic E-state index is 11.4. The van der Waals surface area contributed by atoms with Gasteiger partial charge in [0.1, 0.15) is 11.5 Å². The highest BCUT2D eigenvalue weighted by molar-refractivity contribution is 5.98. The average Bonchev–Trinajstić information content (AvgIpc) is 2.16. The molecule has 1 aromatic carbocycles. The van der Waals surface area contributed by atoms with Gasteiger partial charge in [-0.05, 0) is 26.0 Å². The lowest BCUT2D eigenvalue weighted by molar-refractivity contribution is 0.101. The van der Waals surface area contributed by atoms with Gasteiger partial charge in [-0.1, -0.05) is 0 Å². The van der Waals surface area contributed by atoms with Gasteiger partial charge in [-0.15, -0.1) is 0 Å². The lowest BCUT2D eigenvalue weighted by Gasteiger charge is -2.12. The summed E-state index contributed by atoms with van der Waals surface area (Å²) < 4.78 is 10.2. The SMILES string of the molecule is COc1ccc(OC)c(C(C)=O)c1C. The van der Waals surface area contributed by atoms with E-state index in [1.165, 1.54) is 6.92 Å². The van der Waals surface area contributed by atoms with Crippen molar-refractivity contribution in [1.82, 2.24) is 0 Å². The van der Waals surface area contributed by atoms with Gasteiger partial charge < -0.3 is 9.47 Å². The molecule has 0 aromatic heterocycles. The van der Waals surface area contributed by atoms with Crippen LogP contribution in [0.25, 0.3) is 0 Å². The van der Waals surface area contributed by atoms with Crippen LogP contribution in [0.3, 0.4) is 0 Å². The minimum absolute atomic E-state index is 0.0155. The van der Waals surface area contributed by atoms with Crippen LogP contribution in [0, 0.1) is 6.92 Å². The predicted molar refractivity (Wildman–Crippen MR) is 54.3 cm³/mol. The van der Waals surface area contributed by atoms with Crippen LogP contribution in [0.2, 0.25) is 0 Å². The fourth-order valence-electron chi connectivity index (χ4n) is 1.50. The van der Waals surface area contributed by atoms with Crippen molar-refractivity contribution in [2.45, 2.75) is 13.8 Å². The topological polar surface area (TPSA) is 35.5 Å². The normalized spacial score (nSPS) is 9.71. The van der Waals surface area contributed by atoms with Crippen LogP contribution in [0.4, 0.5) is 0 Å². The smallest absolute Gasteiger partial charge is 0.163 e. The lowest BCUT2D eigenvalue weighted by Crippen LogP contribution is -2.02. The highest BCUT2D eigenvalue weighted by atomic mass is 16.5. The molecular formula is C11H14O3. The number of Topliss-reactive ketones (excluding diaryl/α,β-unsaturated/α-hetero) is 1. The highest BCUT2D eigenvalue weighted by Gasteiger charge is 2.14. The van der Waals surface area contributed by atoms with Crippen LogP contribution in [0.1, 0.15) is 22.8 Å². The van der Waals surface area contributed by atoms with Crippen molar-refractivity contribution in [2.24, 2.45) is 0 Å². The largest absolute Gasteiger partial charge is 0.496 e. The summed E-state index contributed by atoms with van der Waals surface area (Å²) in [6, 6.07) is 3.53. The molecule has 0 fully saturated rings. The van der Waals surface area contributed by atoms with Crippen LogP contribution in [0.15, 0.2) is 12.1 Å². The zero-order valence-electron chi connectivity index (χ0n) is 8.88. The fraction of sp³-hybridized carbons (Fsp3) is 0.364. The Bertz CT molecular complexity index is 356. The zero-order valence-corrected chi connectivity index (χ0v) is 8.88. The molecule has 0 unspecified atom stereocenters. The monoisotopic (exact) mass is 194 g/mol. The van der Waals surface area contributed by atoms with Gasteiger partial charge in [0.2, 0.25) is 0 Å². The van der Waals surface area contributed by atoms with Gasteiger partial charge in [0.25, 0.3) is 0 Å². The second-order valence-corrected chi connectivity index (χ2v) is 3.03. The van der Waals surface area contributed by atoms with Gasteiger partial charge in [-0.2, -0.15) is 0 Å². The van der Waals surface area contributed by atoms with Crippen LogP contribution < -0.4 is 9.47 Å². The first kappa shape index (κ1) is 10.6. The Morgan fingerprint density at radius 3 is 2.07 bits per heavy atom. The maximum atomic E-state index is 11.4. The minimum Gasteiger partial charge on any atom is -0.496 e. The zero-order chi connectivity index (χ0) is 10.7. The van der Waals surface area contributed by atoms with Crippen molar-refractivity contribution in [2.75, 3.05) is 14.2 Å². The standard InChI is InChI=1S/C11H14O3/c1-7-9(13-3)5-6-10(14-4)11(7)8(2)12/h5-6H,1-4H3. The van der Waals surface area contributed by atoms with Gasteiger partial charge in [0.15, 0.2) is 5.78 Å². The first-order valence-corrected chi connectivity index (χ1v) is 4.34. The van der Waals surface area contributed by atoms with E-state index in [0.29, 0.717) is 17.1 Å². The first-order valence-electron chi connectivity index (χ1n) is 4.34. The van der Waals surface area contributed by atoms with E-state index in [4.69, 9.17) is 9.47 Å². The molecule has 3 heteroatoms. The highest BCUT2D eigenvalue weighted by Crippen LogP contribution is 2.29. The number of hydrogen-bond acceptors (Lipinski definition) is 3. The summed E-state index contributed by atoms with van der Waals surface area (Å²) in [5, 5.41) is 0. The molecule has 0 saturated heterocycles. The summed E-state index contributed by atoms with van der Waals surface area (Å²) in [5.74, 6) is 1.28. The van der Waals surface area contributed by atoms with Crippen molar-refractivity contribution < 1.29 is 14.3 Å². The summed E-state index contributed by atoms with van der Waals surface area (Å²) in [6.07, 6.45) is 0. The molecule has 1 aromatic rings. The molecule has 14 heavy (non-hydrogen) atoms. The van der Waals surface area contributed by atoms with E-state index >= 15 is 0 Å². The summed E-state index contributed by atoms with van der Waals surface area (Å²) in [4.78, 5) is 11.4. The Kier molecular flexibility index (Phi) is 3.12. The molecule has 0 heterocycles. The van der Waals surface area contributed by atoms with E-state index in [9.17, 15) is 4.79 Å². The van der Waals surface area contributed by atoms with Gasteiger partial charge >= 0.3 is 0 Å². The number of ether oxygens (including phenoxy) is 2. The molecule has 3 nitrogen and oxygen atoms in total. The Hall–Kier alpha value is -1.51. The molecule has 76 valence electrons. The van der Waals surface area contributed by atoms with Crippen LogP contribution in [-0.2, 0) is 0 Å². The number of carbonyl (C=O) groups is 1. The van der Waals surface area contributed by atoms with E-state index in [0.717, 1.165) is 5.56 Å². The molecule has 0 saturated carbocycles. The molecule has 0 bridgehead atoms. The second kappa shape index (κ2) is 4.13. The summed E-state index contributed by atoms with van der Waals surface area (Å²) in [5.41, 5.74) is 1.41. The van der Waals surface area contributed by atoms with Crippen LogP contribution in [-0.4, -0.2) is 20.0 Å². The van der Waals surface area contributed by atoms with E-state index in [2.05, 4.69) is 0 Å². The van der Waals surface area contributed by atoms with Gasteiger partial charge in [-0.3, -0.25) is 4.79 Å². The molecule has 0 spiro atoms. The van der Waals surface area contributed by atoms with Crippen molar-refractivity contribution in [3.63, 3.8) is 0 Å². The maximum Gasteiger partial charge on any atom is 0.163 e. The number of benzene rings is 1. The molecule has 0 aliphatic rings. The molecule has 0 amide bonds. The van der Waals surface area contributed by atoms with Crippen molar-refractivity contribution in [1.29, 1.82) is 0 Å². The first-order chi connectivity index (χ1) is 6.61. The third-order valence-electron chi connectivity index (χ3n) is 2.17. The second-order valence-electron chi connectivity index (χ2n) is 3.03. The van der Waals surface area contributed by atoms with Gasteiger partial charge in [0, 0.05) is 5.56 Å². The third kappa shape index (κ3) is 1.71. The Morgan fingerprint density at radius 1 is 1.14 bits per heavy atom. The molecule has 0 atom stereocenters. The molecule has 0 N–H and O–H groups in total. The van der Waals surface area contributed by atoms with E-state index in [1.807, 2.05) is 6.92 Å². The Labute approximate surface area is 83.6 Å². The number of hydrogen-bond donors (Lipinski definition) is 0. The van der Waals surface area contributed by atoms with E-state index < -0.39 is 0 Å². The molecule has 0 aliphatic heterocycles.